The van der Waals surface area contributed by atoms with E-state index in [-0.39, 0.29) is 24.0 Å². The Kier molecular flexibility index (Phi) is 4.76. The lowest BCUT2D eigenvalue weighted by Crippen LogP contribution is -2.35. The highest BCUT2D eigenvalue weighted by Crippen LogP contribution is 2.26. The molecule has 0 radical (unpaired) electrons. The molecule has 23 heavy (non-hydrogen) atoms. The fourth-order valence-corrected chi connectivity index (χ4v) is 3.22. The van der Waals surface area contributed by atoms with Gasteiger partial charge in [0.25, 0.3) is 0 Å². The number of hydrogen-bond acceptors (Lipinski definition) is 3. The first-order valence-electron chi connectivity index (χ1n) is 8.22. The highest BCUT2D eigenvalue weighted by Gasteiger charge is 2.26. The number of rotatable bonds is 4. The van der Waals surface area contributed by atoms with Gasteiger partial charge < -0.3 is 10.4 Å². The number of aliphatic hydroxyl groups is 1. The third-order valence-corrected chi connectivity index (χ3v) is 4.58. The molecule has 0 spiro atoms. The summed E-state index contributed by atoms with van der Waals surface area (Å²) in [5, 5.41) is 17.0. The average molecular weight is 313 g/mol. The maximum absolute atomic E-state index is 12.5. The molecule has 3 rings (SSSR count). The molecule has 5 nitrogen and oxygen atoms in total. The minimum atomic E-state index is -0.239. The minimum Gasteiger partial charge on any atom is -0.393 e. The maximum Gasteiger partial charge on any atom is 0.223 e. The fourth-order valence-electron chi connectivity index (χ4n) is 3.22. The minimum absolute atomic E-state index is 0.0118. The molecule has 2 N–H and O–H groups in total. The van der Waals surface area contributed by atoms with Crippen LogP contribution in [0.5, 0.6) is 0 Å². The third-order valence-electron chi connectivity index (χ3n) is 4.58. The molecule has 0 unspecified atom stereocenters. The van der Waals surface area contributed by atoms with Crippen LogP contribution in [0.3, 0.4) is 0 Å². The van der Waals surface area contributed by atoms with Crippen molar-refractivity contribution in [2.75, 3.05) is 0 Å². The lowest BCUT2D eigenvalue weighted by Gasteiger charge is -2.26. The molecule has 0 saturated heterocycles. The largest absolute Gasteiger partial charge is 0.393 e. The number of aromatic nitrogens is 2. The Balaban J connectivity index is 1.71. The Bertz CT molecular complexity index is 646. The monoisotopic (exact) mass is 313 g/mol. The van der Waals surface area contributed by atoms with Gasteiger partial charge in [-0.05, 0) is 50.3 Å². The molecule has 0 bridgehead atoms. The van der Waals surface area contributed by atoms with Crippen LogP contribution < -0.4 is 5.32 Å². The molecule has 5 heteroatoms. The van der Waals surface area contributed by atoms with Crippen molar-refractivity contribution in [3.05, 3.63) is 48.3 Å². The number of carbonyl (C=O) groups excluding carboxylic acids is 1. The zero-order chi connectivity index (χ0) is 16.2. The zero-order valence-corrected chi connectivity index (χ0v) is 13.4. The van der Waals surface area contributed by atoms with E-state index in [2.05, 4.69) is 10.4 Å². The standard InChI is InChI=1S/C18H23N3O2/c1-13(20-18(23)14-7-9-15(22)10-8-14)16-5-2-3-6-17(16)21-12-4-11-19-21/h2-6,11-15,22H,7-10H2,1H3,(H,20,23)/t13-,14?,15?/m0/s1. The van der Waals surface area contributed by atoms with Crippen LogP contribution in [-0.2, 0) is 4.79 Å². The lowest BCUT2D eigenvalue weighted by molar-refractivity contribution is -0.127. The van der Waals surface area contributed by atoms with Crippen LogP contribution in [0.1, 0.15) is 44.2 Å². The van der Waals surface area contributed by atoms with Gasteiger partial charge in [0.05, 0.1) is 17.8 Å². The smallest absolute Gasteiger partial charge is 0.223 e. The second kappa shape index (κ2) is 6.96. The van der Waals surface area contributed by atoms with E-state index >= 15 is 0 Å². The molecular formula is C18H23N3O2. The second-order valence-electron chi connectivity index (χ2n) is 6.25. The molecule has 0 aliphatic heterocycles. The molecular weight excluding hydrogens is 290 g/mol. The van der Waals surface area contributed by atoms with Crippen molar-refractivity contribution in [1.82, 2.24) is 15.1 Å². The van der Waals surface area contributed by atoms with Crippen molar-refractivity contribution in [1.29, 1.82) is 0 Å². The number of nitrogens with zero attached hydrogens (tertiary/aromatic N) is 2. The van der Waals surface area contributed by atoms with Crippen molar-refractivity contribution in [3.8, 4) is 5.69 Å². The summed E-state index contributed by atoms with van der Waals surface area (Å²) in [5.74, 6) is 0.0948. The lowest BCUT2D eigenvalue weighted by atomic mass is 9.86. The van der Waals surface area contributed by atoms with Gasteiger partial charge in [-0.15, -0.1) is 0 Å². The van der Waals surface area contributed by atoms with Crippen molar-refractivity contribution < 1.29 is 9.90 Å². The van der Waals surface area contributed by atoms with Gasteiger partial charge in [-0.25, -0.2) is 4.68 Å². The summed E-state index contributed by atoms with van der Waals surface area (Å²) in [6.45, 7) is 2.00. The molecule has 1 saturated carbocycles. The fraction of sp³-hybridized carbons (Fsp3) is 0.444. The molecule has 1 fully saturated rings. The second-order valence-corrected chi connectivity index (χ2v) is 6.25. The molecule has 1 amide bonds. The summed E-state index contributed by atoms with van der Waals surface area (Å²) in [6.07, 6.45) is 6.37. The topological polar surface area (TPSA) is 67.2 Å². The zero-order valence-electron chi connectivity index (χ0n) is 13.4. The van der Waals surface area contributed by atoms with Crippen LogP contribution in [0.4, 0.5) is 0 Å². The molecule has 1 atom stereocenters. The van der Waals surface area contributed by atoms with Crippen molar-refractivity contribution >= 4 is 5.91 Å². The van der Waals surface area contributed by atoms with E-state index < -0.39 is 0 Å². The quantitative estimate of drug-likeness (QED) is 0.912. The Morgan fingerprint density at radius 3 is 2.70 bits per heavy atom. The molecule has 2 aromatic rings. The number of nitrogens with one attached hydrogen (secondary N) is 1. The number of benzene rings is 1. The molecule has 1 aromatic heterocycles. The SMILES string of the molecule is C[C@H](NC(=O)C1CCC(O)CC1)c1ccccc1-n1cccn1. The van der Waals surface area contributed by atoms with Crippen LogP contribution in [0.15, 0.2) is 42.7 Å². The Morgan fingerprint density at radius 1 is 1.26 bits per heavy atom. The number of aliphatic hydroxyl groups excluding tert-OH is 1. The number of carbonyl (C=O) groups is 1. The van der Waals surface area contributed by atoms with Crippen molar-refractivity contribution in [3.63, 3.8) is 0 Å². The third kappa shape index (κ3) is 3.62. The van der Waals surface area contributed by atoms with E-state index in [1.165, 1.54) is 0 Å². The molecule has 1 aromatic carbocycles. The summed E-state index contributed by atoms with van der Waals surface area (Å²) in [5.41, 5.74) is 2.02. The average Bonchev–Trinajstić information content (AvgIpc) is 3.09. The molecule has 122 valence electrons. The Morgan fingerprint density at radius 2 is 2.00 bits per heavy atom. The van der Waals surface area contributed by atoms with E-state index in [0.29, 0.717) is 0 Å². The Hall–Kier alpha value is -2.14. The molecule has 1 aliphatic carbocycles. The van der Waals surface area contributed by atoms with Gasteiger partial charge in [0.15, 0.2) is 0 Å². The van der Waals surface area contributed by atoms with Gasteiger partial charge in [0.2, 0.25) is 5.91 Å². The summed E-state index contributed by atoms with van der Waals surface area (Å²) in [6, 6.07) is 9.76. The van der Waals surface area contributed by atoms with E-state index in [1.807, 2.05) is 48.1 Å². The van der Waals surface area contributed by atoms with Gasteiger partial charge in [0, 0.05) is 18.3 Å². The first-order chi connectivity index (χ1) is 11.1. The summed E-state index contributed by atoms with van der Waals surface area (Å²) in [4.78, 5) is 12.5. The summed E-state index contributed by atoms with van der Waals surface area (Å²) in [7, 11) is 0. The first-order valence-corrected chi connectivity index (χ1v) is 8.22. The van der Waals surface area contributed by atoms with E-state index in [0.717, 1.165) is 36.9 Å². The van der Waals surface area contributed by atoms with E-state index in [9.17, 15) is 9.90 Å². The van der Waals surface area contributed by atoms with Crippen LogP contribution in [0.25, 0.3) is 5.69 Å². The van der Waals surface area contributed by atoms with Gasteiger partial charge in [-0.1, -0.05) is 18.2 Å². The van der Waals surface area contributed by atoms with Crippen LogP contribution in [0, 0.1) is 5.92 Å². The van der Waals surface area contributed by atoms with Gasteiger partial charge in [0.1, 0.15) is 0 Å². The number of amides is 1. The predicted octanol–water partition coefficient (Wildman–Crippen LogP) is 2.60. The van der Waals surface area contributed by atoms with Crippen LogP contribution in [-0.4, -0.2) is 26.9 Å². The highest BCUT2D eigenvalue weighted by atomic mass is 16.3. The molecule has 1 heterocycles. The summed E-state index contributed by atoms with van der Waals surface area (Å²) >= 11 is 0. The molecule has 1 aliphatic rings. The van der Waals surface area contributed by atoms with Gasteiger partial charge >= 0.3 is 0 Å². The summed E-state index contributed by atoms with van der Waals surface area (Å²) < 4.78 is 1.81. The van der Waals surface area contributed by atoms with E-state index in [1.54, 1.807) is 6.20 Å². The van der Waals surface area contributed by atoms with Crippen LogP contribution >= 0.6 is 0 Å². The maximum atomic E-state index is 12.5. The van der Waals surface area contributed by atoms with Gasteiger partial charge in [-0.2, -0.15) is 5.10 Å². The van der Waals surface area contributed by atoms with Gasteiger partial charge in [-0.3, -0.25) is 4.79 Å². The Labute approximate surface area is 136 Å². The number of hydrogen-bond donors (Lipinski definition) is 2. The normalized spacial score (nSPS) is 22.5. The predicted molar refractivity (Wildman–Crippen MR) is 88.1 cm³/mol. The van der Waals surface area contributed by atoms with Crippen LogP contribution in [0.2, 0.25) is 0 Å². The highest BCUT2D eigenvalue weighted by molar-refractivity contribution is 5.79. The van der Waals surface area contributed by atoms with E-state index in [4.69, 9.17) is 0 Å². The van der Waals surface area contributed by atoms with Crippen molar-refractivity contribution in [2.45, 2.75) is 44.8 Å². The first kappa shape index (κ1) is 15.7. The number of para-hydroxylation sites is 1. The van der Waals surface area contributed by atoms with Crippen molar-refractivity contribution in [2.24, 2.45) is 5.92 Å².